The van der Waals surface area contributed by atoms with Crippen LogP contribution in [0, 0.1) is 17.2 Å². The molecule has 0 unspecified atom stereocenters. The Balaban J connectivity index is 2.18. The molecular formula is C10H16N2OS2. The molecule has 1 rings (SSSR count). The van der Waals surface area contributed by atoms with Crippen LogP contribution in [0.2, 0.25) is 0 Å². The fourth-order valence-corrected chi connectivity index (χ4v) is 2.73. The SMILES string of the molecule is CSSCC(=O)N[C@H]1CC[C@@H](C#N)CC1. The van der Waals surface area contributed by atoms with Gasteiger partial charge in [-0.3, -0.25) is 4.79 Å². The van der Waals surface area contributed by atoms with Crippen LogP contribution >= 0.6 is 21.6 Å². The molecule has 1 aliphatic rings. The summed E-state index contributed by atoms with van der Waals surface area (Å²) in [6.07, 6.45) is 5.73. The minimum absolute atomic E-state index is 0.120. The quantitative estimate of drug-likeness (QED) is 0.770. The number of carbonyl (C=O) groups is 1. The minimum Gasteiger partial charge on any atom is -0.353 e. The van der Waals surface area contributed by atoms with Gasteiger partial charge in [0.05, 0.1) is 11.8 Å². The Kier molecular flexibility index (Phi) is 5.96. The van der Waals surface area contributed by atoms with E-state index in [9.17, 15) is 4.79 Å². The molecule has 0 heterocycles. The first-order chi connectivity index (χ1) is 7.26. The largest absolute Gasteiger partial charge is 0.353 e. The van der Waals surface area contributed by atoms with Crippen LogP contribution in [-0.4, -0.2) is 24.0 Å². The molecule has 0 radical (unpaired) electrons. The standard InChI is InChI=1S/C10H16N2OS2/c1-14-15-7-10(13)12-9-4-2-8(6-11)3-5-9/h8-9H,2-5,7H2,1H3,(H,12,13)/t8-,9+. The van der Waals surface area contributed by atoms with Gasteiger partial charge >= 0.3 is 0 Å². The zero-order valence-corrected chi connectivity index (χ0v) is 10.5. The highest BCUT2D eigenvalue weighted by Gasteiger charge is 2.21. The molecule has 0 aromatic rings. The molecule has 0 saturated heterocycles. The van der Waals surface area contributed by atoms with Gasteiger partial charge in [0.25, 0.3) is 0 Å². The van der Waals surface area contributed by atoms with Crippen molar-refractivity contribution >= 4 is 27.5 Å². The van der Waals surface area contributed by atoms with E-state index in [2.05, 4.69) is 11.4 Å². The van der Waals surface area contributed by atoms with Crippen LogP contribution in [0.5, 0.6) is 0 Å². The summed E-state index contributed by atoms with van der Waals surface area (Å²) in [6, 6.07) is 2.59. The third-order valence-corrected chi connectivity index (χ3v) is 4.26. The smallest absolute Gasteiger partial charge is 0.231 e. The van der Waals surface area contributed by atoms with Crippen LogP contribution < -0.4 is 5.32 Å². The summed E-state index contributed by atoms with van der Waals surface area (Å²) in [6.45, 7) is 0. The van der Waals surface area contributed by atoms with E-state index in [4.69, 9.17) is 5.26 Å². The maximum Gasteiger partial charge on any atom is 0.231 e. The third kappa shape index (κ3) is 4.80. The van der Waals surface area contributed by atoms with Gasteiger partial charge in [-0.1, -0.05) is 21.6 Å². The Bertz CT molecular complexity index is 244. The van der Waals surface area contributed by atoms with Crippen LogP contribution in [0.3, 0.4) is 0 Å². The van der Waals surface area contributed by atoms with E-state index in [0.29, 0.717) is 11.8 Å². The van der Waals surface area contributed by atoms with Gasteiger partial charge in [-0.25, -0.2) is 0 Å². The Morgan fingerprint density at radius 3 is 2.67 bits per heavy atom. The monoisotopic (exact) mass is 244 g/mol. The van der Waals surface area contributed by atoms with E-state index < -0.39 is 0 Å². The second-order valence-electron chi connectivity index (χ2n) is 3.67. The van der Waals surface area contributed by atoms with Crippen LogP contribution in [0.15, 0.2) is 0 Å². The van der Waals surface area contributed by atoms with Crippen LogP contribution in [-0.2, 0) is 4.79 Å². The van der Waals surface area contributed by atoms with Gasteiger partial charge in [-0.2, -0.15) is 5.26 Å². The molecule has 0 aromatic heterocycles. The number of carbonyl (C=O) groups excluding carboxylic acids is 1. The van der Waals surface area contributed by atoms with Gasteiger partial charge in [0.1, 0.15) is 0 Å². The van der Waals surface area contributed by atoms with E-state index in [1.54, 1.807) is 21.6 Å². The summed E-state index contributed by atoms with van der Waals surface area (Å²) in [5, 5.41) is 11.7. The second-order valence-corrected chi connectivity index (χ2v) is 6.24. The van der Waals surface area contributed by atoms with E-state index in [1.165, 1.54) is 0 Å². The molecule has 1 amide bonds. The van der Waals surface area contributed by atoms with Gasteiger partial charge in [0.2, 0.25) is 5.91 Å². The number of amides is 1. The fourth-order valence-electron chi connectivity index (χ4n) is 1.75. The third-order valence-electron chi connectivity index (χ3n) is 2.58. The van der Waals surface area contributed by atoms with Gasteiger partial charge in [-0.05, 0) is 31.9 Å². The van der Waals surface area contributed by atoms with Crippen molar-refractivity contribution in [1.29, 1.82) is 5.26 Å². The number of rotatable bonds is 4. The highest BCUT2D eigenvalue weighted by atomic mass is 33.1. The Labute approximate surface area is 98.8 Å². The molecule has 0 bridgehead atoms. The van der Waals surface area contributed by atoms with Crippen molar-refractivity contribution in [3.63, 3.8) is 0 Å². The maximum atomic E-state index is 11.4. The Morgan fingerprint density at radius 1 is 1.47 bits per heavy atom. The fraction of sp³-hybridized carbons (Fsp3) is 0.800. The first-order valence-electron chi connectivity index (χ1n) is 5.11. The van der Waals surface area contributed by atoms with Crippen LogP contribution in [0.25, 0.3) is 0 Å². The predicted molar refractivity (Wildman–Crippen MR) is 65.5 cm³/mol. The van der Waals surface area contributed by atoms with Gasteiger partial charge in [-0.15, -0.1) is 0 Å². The average molecular weight is 244 g/mol. The molecule has 15 heavy (non-hydrogen) atoms. The minimum atomic E-state index is 0.120. The topological polar surface area (TPSA) is 52.9 Å². The van der Waals surface area contributed by atoms with E-state index in [1.807, 2.05) is 6.26 Å². The first kappa shape index (κ1) is 12.7. The van der Waals surface area contributed by atoms with Crippen molar-refractivity contribution in [1.82, 2.24) is 5.32 Å². The molecule has 1 aliphatic carbocycles. The summed E-state index contributed by atoms with van der Waals surface area (Å²) >= 11 is 0. The highest BCUT2D eigenvalue weighted by Crippen LogP contribution is 2.23. The number of hydrogen-bond acceptors (Lipinski definition) is 4. The summed E-state index contributed by atoms with van der Waals surface area (Å²) in [5.41, 5.74) is 0. The zero-order valence-electron chi connectivity index (χ0n) is 8.86. The van der Waals surface area contributed by atoms with Crippen molar-refractivity contribution in [3.05, 3.63) is 0 Å². The lowest BCUT2D eigenvalue weighted by atomic mass is 9.87. The lowest BCUT2D eigenvalue weighted by molar-refractivity contribution is -0.119. The number of hydrogen-bond donors (Lipinski definition) is 1. The van der Waals surface area contributed by atoms with Gasteiger partial charge in [0.15, 0.2) is 0 Å². The van der Waals surface area contributed by atoms with Crippen molar-refractivity contribution in [3.8, 4) is 6.07 Å². The molecule has 1 N–H and O–H groups in total. The van der Waals surface area contributed by atoms with Crippen LogP contribution in [0.4, 0.5) is 0 Å². The summed E-state index contributed by atoms with van der Waals surface area (Å²) in [7, 11) is 3.17. The van der Waals surface area contributed by atoms with E-state index in [-0.39, 0.29) is 11.8 Å². The van der Waals surface area contributed by atoms with Crippen molar-refractivity contribution in [2.24, 2.45) is 5.92 Å². The second kappa shape index (κ2) is 7.02. The highest BCUT2D eigenvalue weighted by molar-refractivity contribution is 8.76. The van der Waals surface area contributed by atoms with E-state index in [0.717, 1.165) is 25.7 Å². The van der Waals surface area contributed by atoms with Crippen molar-refractivity contribution < 1.29 is 4.79 Å². The first-order valence-corrected chi connectivity index (χ1v) is 7.83. The number of nitrogens with zero attached hydrogens (tertiary/aromatic N) is 1. The maximum absolute atomic E-state index is 11.4. The molecule has 0 aromatic carbocycles. The zero-order chi connectivity index (χ0) is 11.1. The molecule has 84 valence electrons. The van der Waals surface area contributed by atoms with E-state index >= 15 is 0 Å². The van der Waals surface area contributed by atoms with Gasteiger partial charge < -0.3 is 5.32 Å². The number of nitriles is 1. The van der Waals surface area contributed by atoms with Crippen LogP contribution in [0.1, 0.15) is 25.7 Å². The molecule has 0 spiro atoms. The molecule has 5 heteroatoms. The summed E-state index contributed by atoms with van der Waals surface area (Å²) in [4.78, 5) is 11.4. The lowest BCUT2D eigenvalue weighted by Gasteiger charge is -2.25. The summed E-state index contributed by atoms with van der Waals surface area (Å²) < 4.78 is 0. The normalized spacial score (nSPS) is 25.6. The van der Waals surface area contributed by atoms with Gasteiger partial charge in [0, 0.05) is 12.0 Å². The molecule has 1 saturated carbocycles. The van der Waals surface area contributed by atoms with Crippen molar-refractivity contribution in [2.45, 2.75) is 31.7 Å². The molecule has 0 atom stereocenters. The molecule has 1 fully saturated rings. The summed E-state index contributed by atoms with van der Waals surface area (Å²) in [5.74, 6) is 0.854. The molecule has 0 aliphatic heterocycles. The lowest BCUT2D eigenvalue weighted by Crippen LogP contribution is -2.38. The Hall–Kier alpha value is -0.340. The predicted octanol–water partition coefficient (Wildman–Crippen LogP) is 2.20. The molecule has 3 nitrogen and oxygen atoms in total. The average Bonchev–Trinajstić information content (AvgIpc) is 2.27. The number of nitrogens with one attached hydrogen (secondary N) is 1. The Morgan fingerprint density at radius 2 is 2.13 bits per heavy atom. The van der Waals surface area contributed by atoms with Crippen molar-refractivity contribution in [2.75, 3.05) is 12.0 Å². The molecular weight excluding hydrogens is 228 g/mol.